The van der Waals surface area contributed by atoms with Gasteiger partial charge in [0.15, 0.2) is 11.6 Å². The second kappa shape index (κ2) is 9.01. The molecule has 0 aromatic heterocycles. The van der Waals surface area contributed by atoms with Gasteiger partial charge in [0, 0.05) is 16.7 Å². The first-order valence-corrected chi connectivity index (χ1v) is 12.1. The van der Waals surface area contributed by atoms with Crippen molar-refractivity contribution in [2.75, 3.05) is 6.61 Å². The summed E-state index contributed by atoms with van der Waals surface area (Å²) in [5.74, 6) is -1.24. The number of fused-ring (bicyclic) bond motifs is 2. The number of phosphoric ester groups is 1. The van der Waals surface area contributed by atoms with E-state index in [9.17, 15) is 39.3 Å². The molecular weight excluding hydrogens is 471 g/mol. The number of carbonyl (C=O) groups is 2. The van der Waals surface area contributed by atoms with E-state index in [1.165, 1.54) is 6.07 Å². The molecule has 11 nitrogen and oxygen atoms in total. The van der Waals surface area contributed by atoms with E-state index in [2.05, 4.69) is 4.52 Å². The van der Waals surface area contributed by atoms with Crippen LogP contribution in [0.3, 0.4) is 0 Å². The number of hydrogen-bond donors (Lipinski definition) is 3. The number of allylic oxidation sites excluding steroid dienone is 2. The van der Waals surface area contributed by atoms with Crippen LogP contribution in [-0.4, -0.2) is 57.9 Å². The van der Waals surface area contributed by atoms with E-state index in [1.54, 1.807) is 13.0 Å². The van der Waals surface area contributed by atoms with Gasteiger partial charge in [-0.1, -0.05) is 13.3 Å². The Morgan fingerprint density at radius 2 is 1.88 bits per heavy atom. The molecule has 3 N–H and O–H groups in total. The largest absolute Gasteiger partial charge is 0.790 e. The molecule has 2 heterocycles. The third-order valence-electron chi connectivity index (χ3n) is 6.04. The van der Waals surface area contributed by atoms with Crippen molar-refractivity contribution in [1.29, 1.82) is 0 Å². The van der Waals surface area contributed by atoms with Crippen LogP contribution in [0.25, 0.3) is 6.08 Å². The predicted octanol–water partition coefficient (Wildman–Crippen LogP) is 0.264. The number of phosphoric acid groups is 1. The minimum atomic E-state index is -5.37. The van der Waals surface area contributed by atoms with Crippen molar-refractivity contribution >= 4 is 25.5 Å². The molecule has 0 spiro atoms. The fourth-order valence-electron chi connectivity index (χ4n) is 4.54. The van der Waals surface area contributed by atoms with Gasteiger partial charge in [0.1, 0.15) is 36.3 Å². The van der Waals surface area contributed by atoms with Crippen molar-refractivity contribution in [3.05, 3.63) is 45.7 Å². The van der Waals surface area contributed by atoms with Crippen LogP contribution in [0.15, 0.2) is 23.5 Å². The first kappa shape index (κ1) is 24.7. The van der Waals surface area contributed by atoms with Crippen molar-refractivity contribution < 1.29 is 53.3 Å². The first-order chi connectivity index (χ1) is 15.9. The van der Waals surface area contributed by atoms with Gasteiger partial charge in [0.2, 0.25) is 0 Å². The van der Waals surface area contributed by atoms with E-state index in [-0.39, 0.29) is 16.7 Å². The average Bonchev–Trinajstić information content (AvgIpc) is 3.02. The Balaban J connectivity index is 1.70. The summed E-state index contributed by atoms with van der Waals surface area (Å²) in [7, 11) is -5.37. The molecule has 1 saturated heterocycles. The van der Waals surface area contributed by atoms with Gasteiger partial charge in [-0.25, -0.2) is 0 Å². The van der Waals surface area contributed by atoms with Crippen LogP contribution in [0.1, 0.15) is 64.6 Å². The Morgan fingerprint density at radius 3 is 2.53 bits per heavy atom. The molecule has 2 aliphatic heterocycles. The topological polar surface area (TPSA) is 186 Å². The van der Waals surface area contributed by atoms with Gasteiger partial charge in [-0.15, -0.1) is 0 Å². The van der Waals surface area contributed by atoms with Crippen molar-refractivity contribution in [3.8, 4) is 5.75 Å². The maximum absolute atomic E-state index is 13.4. The summed E-state index contributed by atoms with van der Waals surface area (Å²) in [5, 5.41) is 31.7. The van der Waals surface area contributed by atoms with Gasteiger partial charge in [-0.2, -0.15) is 0 Å². The number of carbonyl (C=O) groups excluding carboxylic acids is 2. The zero-order valence-electron chi connectivity index (χ0n) is 18.3. The van der Waals surface area contributed by atoms with Gasteiger partial charge in [0.25, 0.3) is 0 Å². The van der Waals surface area contributed by atoms with E-state index in [4.69, 9.17) is 9.47 Å². The molecule has 0 bridgehead atoms. The highest BCUT2D eigenvalue weighted by molar-refractivity contribution is 7.43. The molecule has 1 fully saturated rings. The maximum atomic E-state index is 13.4. The fraction of sp³-hybridized carbons (Fsp3) is 0.455. The number of aromatic hydroxyl groups is 1. The average molecular weight is 494 g/mol. The molecule has 34 heavy (non-hydrogen) atoms. The van der Waals surface area contributed by atoms with Gasteiger partial charge in [0.05, 0.1) is 25.8 Å². The van der Waals surface area contributed by atoms with Crippen LogP contribution in [-0.2, 0) is 18.6 Å². The second-order valence-electron chi connectivity index (χ2n) is 8.41. The van der Waals surface area contributed by atoms with E-state index in [1.807, 2.05) is 6.92 Å². The molecule has 1 aromatic carbocycles. The highest BCUT2D eigenvalue weighted by Gasteiger charge is 2.48. The summed E-state index contributed by atoms with van der Waals surface area (Å²) >= 11 is 0. The Hall–Kier alpha value is -2.37. The molecule has 12 heteroatoms. The van der Waals surface area contributed by atoms with Gasteiger partial charge < -0.3 is 43.7 Å². The number of benzene rings is 1. The Bertz CT molecular complexity index is 1150. The molecule has 5 atom stereocenters. The van der Waals surface area contributed by atoms with Crippen LogP contribution >= 0.6 is 7.82 Å². The summed E-state index contributed by atoms with van der Waals surface area (Å²) in [6, 6.07) is 1.50. The number of phenols is 1. The molecule has 1 aliphatic carbocycles. The number of ketones is 2. The Kier molecular flexibility index (Phi) is 6.56. The third kappa shape index (κ3) is 4.36. The number of rotatable bonds is 6. The predicted molar refractivity (Wildman–Crippen MR) is 111 cm³/mol. The number of phenolic OH excluding ortho intramolecular Hbond substituents is 1. The van der Waals surface area contributed by atoms with Crippen LogP contribution in [0.4, 0.5) is 0 Å². The molecule has 184 valence electrons. The highest BCUT2D eigenvalue weighted by atomic mass is 31.2. The fourth-order valence-corrected chi connectivity index (χ4v) is 4.87. The lowest BCUT2D eigenvalue weighted by molar-refractivity contribution is -0.343. The third-order valence-corrected chi connectivity index (χ3v) is 6.50. The number of hydrogen-bond acceptors (Lipinski definition) is 11. The van der Waals surface area contributed by atoms with E-state index in [0.29, 0.717) is 23.3 Å². The summed E-state index contributed by atoms with van der Waals surface area (Å²) < 4.78 is 26.1. The zero-order chi connectivity index (χ0) is 24.9. The molecule has 0 radical (unpaired) electrons. The van der Waals surface area contributed by atoms with E-state index < -0.39 is 62.3 Å². The Morgan fingerprint density at radius 1 is 1.18 bits per heavy atom. The number of aliphatic hydroxyl groups excluding tert-OH is 2. The molecule has 1 aromatic rings. The summed E-state index contributed by atoms with van der Waals surface area (Å²) in [6.07, 6.45) is -3.03. The van der Waals surface area contributed by atoms with Crippen molar-refractivity contribution in [3.63, 3.8) is 0 Å². The minimum Gasteiger partial charge on any atom is -0.790 e. The van der Waals surface area contributed by atoms with Crippen LogP contribution in [0.2, 0.25) is 0 Å². The number of aliphatic hydroxyl groups is 2. The zero-order valence-corrected chi connectivity index (χ0v) is 19.2. The lowest BCUT2D eigenvalue weighted by atomic mass is 9.81. The minimum absolute atomic E-state index is 0.0298. The molecule has 3 aliphatic rings. The molecular formula is C22H23O11P-2. The molecule has 0 amide bonds. The second-order valence-corrected chi connectivity index (χ2v) is 9.57. The van der Waals surface area contributed by atoms with Gasteiger partial charge >= 0.3 is 0 Å². The van der Waals surface area contributed by atoms with Gasteiger partial charge in [-0.3, -0.25) is 9.59 Å². The van der Waals surface area contributed by atoms with E-state index in [0.717, 1.165) is 12.5 Å². The summed E-state index contributed by atoms with van der Waals surface area (Å²) in [5.41, 5.74) is 0.297. The monoisotopic (exact) mass is 494 g/mol. The summed E-state index contributed by atoms with van der Waals surface area (Å²) in [4.78, 5) is 47.8. The molecule has 4 rings (SSSR count). The highest BCUT2D eigenvalue weighted by Crippen LogP contribution is 2.45. The Labute approximate surface area is 194 Å². The first-order valence-electron chi connectivity index (χ1n) is 10.7. The lowest BCUT2D eigenvalue weighted by Crippen LogP contribution is -2.37. The standard InChI is InChI=1S/C22H25O11P/c1-3-4-14-16-10(5-9(2)32-14)6-11-13(23)7-12(18(24)17(11)20(16)26)22-21(27)19(25)15(33-22)8-31-34(28,29)30/h5-7,14-15,19,21-22,25-27H,3-4,8H2,1-2H3,(H2,28,29,30)/p-2/t14-,15-,19-,21-,22+/m1/s1. The summed E-state index contributed by atoms with van der Waals surface area (Å²) in [6.45, 7) is 2.80. The smallest absolute Gasteiger partial charge is 0.196 e. The molecule has 0 saturated carbocycles. The normalized spacial score (nSPS) is 28.7. The number of Topliss-reactive ketones (excluding diaryl/α,β-unsaturated/α-hetero) is 1. The van der Waals surface area contributed by atoms with Gasteiger partial charge in [-0.05, 0) is 37.1 Å². The van der Waals surface area contributed by atoms with Crippen molar-refractivity contribution in [2.45, 2.75) is 57.2 Å². The number of ether oxygens (including phenoxy) is 2. The van der Waals surface area contributed by atoms with Crippen LogP contribution in [0.5, 0.6) is 5.75 Å². The van der Waals surface area contributed by atoms with Crippen LogP contribution in [0, 0.1) is 0 Å². The lowest BCUT2D eigenvalue weighted by Gasteiger charge is -2.30. The maximum Gasteiger partial charge on any atom is 0.196 e. The quantitative estimate of drug-likeness (QED) is 0.461. The van der Waals surface area contributed by atoms with Crippen LogP contribution < -0.4 is 9.79 Å². The van der Waals surface area contributed by atoms with Crippen molar-refractivity contribution in [1.82, 2.24) is 0 Å². The van der Waals surface area contributed by atoms with Crippen molar-refractivity contribution in [2.24, 2.45) is 0 Å². The van der Waals surface area contributed by atoms with E-state index >= 15 is 0 Å². The SMILES string of the molecule is CCC[C@H]1OC(C)=Cc2cc3c(c(O)c21)C(=O)C([C@@H]1O[C@H](COP(=O)([O-])[O-])[C@@H](O)[C@H]1O)=CC3=O. The molecule has 0 unspecified atom stereocenters.